The van der Waals surface area contributed by atoms with E-state index >= 15 is 0 Å². The lowest BCUT2D eigenvalue weighted by Crippen LogP contribution is -2.68. The summed E-state index contributed by atoms with van der Waals surface area (Å²) in [6, 6.07) is 0. The minimum absolute atomic E-state index is 0.0260. The van der Waals surface area contributed by atoms with Crippen molar-refractivity contribution in [2.75, 3.05) is 26.4 Å². The largest absolute Gasteiger partial charge is 0.394 e. The summed E-state index contributed by atoms with van der Waals surface area (Å²) in [6.45, 7) is 1.96. The Labute approximate surface area is 255 Å². The van der Waals surface area contributed by atoms with Gasteiger partial charge in [-0.2, -0.15) is 0 Å². The van der Waals surface area contributed by atoms with Crippen LogP contribution >= 0.6 is 0 Å². The molecule has 0 aromatic rings. The van der Waals surface area contributed by atoms with E-state index in [0.29, 0.717) is 0 Å². The molecule has 0 radical (unpaired) electrons. The highest BCUT2D eigenvalue weighted by Crippen LogP contribution is 2.41. The molecule has 20 atom stereocenters. The van der Waals surface area contributed by atoms with Crippen molar-refractivity contribution in [2.45, 2.75) is 122 Å². The Kier molecular flexibility index (Phi) is 9.87. The zero-order valence-corrected chi connectivity index (χ0v) is 23.7. The Morgan fingerprint density at radius 3 is 1.89 bits per heavy atom. The predicted molar refractivity (Wildman–Crippen MR) is 136 cm³/mol. The van der Waals surface area contributed by atoms with E-state index in [9.17, 15) is 51.1 Å². The van der Waals surface area contributed by atoms with Crippen molar-refractivity contribution in [3.8, 4) is 0 Å². The first kappa shape index (κ1) is 33.9. The summed E-state index contributed by atoms with van der Waals surface area (Å²) in [5.74, 6) is -2.15. The maximum atomic E-state index is 11.2. The van der Waals surface area contributed by atoms with Crippen LogP contribution in [0.2, 0.25) is 0 Å². The molecule has 10 N–H and O–H groups in total. The topological polar surface area (TPSA) is 285 Å². The molecule has 0 unspecified atom stereocenters. The Bertz CT molecular complexity index is 1040. The van der Waals surface area contributed by atoms with Crippen LogP contribution in [0.15, 0.2) is 12.7 Å². The molecule has 6 fully saturated rings. The third-order valence-electron chi connectivity index (χ3n) is 9.14. The van der Waals surface area contributed by atoms with Gasteiger partial charge in [0.1, 0.15) is 97.7 Å². The lowest BCUT2D eigenvalue weighted by molar-refractivity contribution is -0.385. The quantitative estimate of drug-likeness (QED) is 0.103. The highest BCUT2D eigenvalue weighted by atomic mass is 16.8. The molecule has 0 aliphatic carbocycles. The van der Waals surface area contributed by atoms with E-state index in [2.05, 4.69) is 6.58 Å². The molecule has 0 aromatic heterocycles. The summed E-state index contributed by atoms with van der Waals surface area (Å²) in [5, 5.41) is 104. The van der Waals surface area contributed by atoms with Crippen molar-refractivity contribution in [3.05, 3.63) is 12.7 Å². The number of rotatable bonds is 9. The third-order valence-corrected chi connectivity index (χ3v) is 9.14. The van der Waals surface area contributed by atoms with Gasteiger partial charge in [0.2, 0.25) is 5.79 Å². The van der Waals surface area contributed by atoms with E-state index in [4.69, 9.17) is 42.6 Å². The molecule has 6 rings (SSSR count). The second kappa shape index (κ2) is 13.1. The van der Waals surface area contributed by atoms with Gasteiger partial charge >= 0.3 is 0 Å². The molecule has 6 heterocycles. The molecule has 19 nitrogen and oxygen atoms in total. The fraction of sp³-hybridized carbons (Fsp3) is 0.923. The van der Waals surface area contributed by atoms with Crippen LogP contribution in [-0.2, 0) is 42.6 Å². The van der Waals surface area contributed by atoms with Gasteiger partial charge in [-0.25, -0.2) is 0 Å². The van der Waals surface area contributed by atoms with E-state index < -0.39 is 136 Å². The van der Waals surface area contributed by atoms with Crippen LogP contribution in [0, 0.1) is 0 Å². The lowest BCUT2D eigenvalue weighted by atomic mass is 9.91. The molecule has 0 aromatic carbocycles. The van der Waals surface area contributed by atoms with Crippen LogP contribution in [-0.4, -0.2) is 200 Å². The van der Waals surface area contributed by atoms with E-state index in [1.54, 1.807) is 0 Å². The number of hydrogen-bond acceptors (Lipinski definition) is 19. The van der Waals surface area contributed by atoms with Crippen LogP contribution in [0.4, 0.5) is 0 Å². The monoisotopic (exact) mass is 656 g/mol. The molecule has 0 saturated carbocycles. The van der Waals surface area contributed by atoms with Gasteiger partial charge in [-0.3, -0.25) is 0 Å². The van der Waals surface area contributed by atoms with Gasteiger partial charge in [-0.1, -0.05) is 6.58 Å². The van der Waals surface area contributed by atoms with Gasteiger partial charge in [-0.05, 0) is 6.08 Å². The smallest absolute Gasteiger partial charge is 0.217 e. The zero-order valence-electron chi connectivity index (χ0n) is 23.7. The van der Waals surface area contributed by atoms with Crippen molar-refractivity contribution < 1.29 is 93.7 Å². The van der Waals surface area contributed by atoms with E-state index in [-0.39, 0.29) is 13.2 Å². The Hall–Kier alpha value is -1.02. The number of fused-ring (bicyclic) bond motifs is 4. The number of aliphatic hydroxyl groups is 10. The van der Waals surface area contributed by atoms with E-state index in [1.807, 2.05) is 0 Å². The summed E-state index contributed by atoms with van der Waals surface area (Å²) in [6.07, 6.45) is -25.8. The molecule has 19 heteroatoms. The molecule has 6 aliphatic rings. The van der Waals surface area contributed by atoms with Crippen LogP contribution in [0.5, 0.6) is 0 Å². The standard InChI is InChI=1S/C26H40O19/c1-2-26(22(35)13(31)11(29)8(4-28)44-26)45-18-10-6-38-21(18)16(34)25(41-10)43-19-12(30)7(3-27)40-24(15(19)33)42-17-9-5-37-20(17)14(32)23(36)39-9/h2,7-25,27-36H,1,3-6H2/t7-,8-,9+,10+,11+,12-,13+,14+,15-,16+,17+,18+,19+,20+,21+,22-,23-,24+,25+,26+/m1/s1. The molecular weight excluding hydrogens is 616 g/mol. The second-order valence-electron chi connectivity index (χ2n) is 11.9. The van der Waals surface area contributed by atoms with E-state index in [0.717, 1.165) is 6.08 Å². The molecule has 6 saturated heterocycles. The molecule has 4 bridgehead atoms. The third kappa shape index (κ3) is 5.76. The summed E-state index contributed by atoms with van der Waals surface area (Å²) >= 11 is 0. The highest BCUT2D eigenvalue weighted by molar-refractivity contribution is 5.08. The average molecular weight is 657 g/mol. The SMILES string of the molecule is C=C[C@@]1(O[C@@H]2[C@H]3OC[C@@H]2O[C@@H](O[C@@H]2[C@@H](O)[C@H](O[C@@H]4[C@H]5OC[C@@H]4O[C@@H](O)[C@H]5O)O[C@H](CO)[C@H]2O)[C@H]3O)O[C@H](CO)[C@H](O)[C@H](O)[C@H]1O. The van der Waals surface area contributed by atoms with Gasteiger partial charge in [0.15, 0.2) is 18.9 Å². The maximum Gasteiger partial charge on any atom is 0.217 e. The van der Waals surface area contributed by atoms with Crippen molar-refractivity contribution >= 4 is 0 Å². The van der Waals surface area contributed by atoms with Gasteiger partial charge in [0, 0.05) is 0 Å². The molecule has 6 aliphatic heterocycles. The Morgan fingerprint density at radius 2 is 1.24 bits per heavy atom. The van der Waals surface area contributed by atoms with Crippen molar-refractivity contribution in [3.63, 3.8) is 0 Å². The molecule has 258 valence electrons. The first-order valence-corrected chi connectivity index (χ1v) is 14.6. The fourth-order valence-electron chi connectivity index (χ4n) is 6.61. The Morgan fingerprint density at radius 1 is 0.644 bits per heavy atom. The molecule has 0 spiro atoms. The van der Waals surface area contributed by atoms with Crippen LogP contribution in [0.3, 0.4) is 0 Å². The second-order valence-corrected chi connectivity index (χ2v) is 11.9. The van der Waals surface area contributed by atoms with Gasteiger partial charge in [-0.15, -0.1) is 0 Å². The predicted octanol–water partition coefficient (Wildman–Crippen LogP) is -7.10. The number of hydrogen-bond donors (Lipinski definition) is 10. The number of aliphatic hydroxyl groups excluding tert-OH is 10. The first-order chi connectivity index (χ1) is 21.4. The van der Waals surface area contributed by atoms with Crippen molar-refractivity contribution in [1.82, 2.24) is 0 Å². The number of ether oxygens (including phenoxy) is 9. The van der Waals surface area contributed by atoms with Gasteiger partial charge in [0.25, 0.3) is 0 Å². The Balaban J connectivity index is 1.15. The summed E-state index contributed by atoms with van der Waals surface area (Å²) in [5.41, 5.74) is 0. The minimum atomic E-state index is -2.15. The lowest BCUT2D eigenvalue weighted by Gasteiger charge is -2.50. The van der Waals surface area contributed by atoms with Gasteiger partial charge < -0.3 is 93.7 Å². The normalized spacial score (nSPS) is 56.4. The summed E-state index contributed by atoms with van der Waals surface area (Å²) < 4.78 is 51.1. The summed E-state index contributed by atoms with van der Waals surface area (Å²) in [4.78, 5) is 0. The fourth-order valence-corrected chi connectivity index (χ4v) is 6.61. The van der Waals surface area contributed by atoms with Crippen LogP contribution in [0.25, 0.3) is 0 Å². The molecular formula is C26H40O19. The highest BCUT2D eigenvalue weighted by Gasteiger charge is 2.61. The van der Waals surface area contributed by atoms with Crippen molar-refractivity contribution in [2.24, 2.45) is 0 Å². The maximum absolute atomic E-state index is 11.2. The van der Waals surface area contributed by atoms with Gasteiger partial charge in [0.05, 0.1) is 26.4 Å². The first-order valence-electron chi connectivity index (χ1n) is 14.6. The van der Waals surface area contributed by atoms with Crippen LogP contribution in [0.1, 0.15) is 0 Å². The van der Waals surface area contributed by atoms with Crippen molar-refractivity contribution in [1.29, 1.82) is 0 Å². The average Bonchev–Trinajstić information content (AvgIpc) is 3.52. The zero-order chi connectivity index (χ0) is 32.4. The molecule has 0 amide bonds. The summed E-state index contributed by atoms with van der Waals surface area (Å²) in [7, 11) is 0. The van der Waals surface area contributed by atoms with E-state index in [1.165, 1.54) is 0 Å². The molecule has 45 heavy (non-hydrogen) atoms. The minimum Gasteiger partial charge on any atom is -0.394 e. The van der Waals surface area contributed by atoms with Crippen LogP contribution < -0.4 is 0 Å².